The van der Waals surface area contributed by atoms with Gasteiger partial charge in [-0.15, -0.1) is 11.3 Å². The molecule has 2 N–H and O–H groups in total. The molecule has 0 fully saturated rings. The number of aryl methyl sites for hydroxylation is 2. The number of thiophene rings is 1. The summed E-state index contributed by atoms with van der Waals surface area (Å²) >= 11 is 1.26. The molecule has 0 aliphatic carbocycles. The molecule has 128 valence electrons. The lowest BCUT2D eigenvalue weighted by atomic mass is 10.3. The number of aromatic nitrogens is 4. The normalized spacial score (nSPS) is 11.9. The van der Waals surface area contributed by atoms with E-state index in [-0.39, 0.29) is 6.54 Å². The number of rotatable bonds is 7. The number of nitrogens with one attached hydrogen (secondary N) is 2. The Labute approximate surface area is 144 Å². The van der Waals surface area contributed by atoms with E-state index < -0.39 is 10.0 Å². The first-order valence-corrected chi connectivity index (χ1v) is 9.79. The predicted octanol–water partition coefficient (Wildman–Crippen LogP) is 1.45. The van der Waals surface area contributed by atoms with Crippen molar-refractivity contribution in [3.05, 3.63) is 35.1 Å². The van der Waals surface area contributed by atoms with Gasteiger partial charge in [0, 0.05) is 29.7 Å². The number of hydrogen-bond donors (Lipinski definition) is 2. The van der Waals surface area contributed by atoms with Crippen LogP contribution in [0.25, 0.3) is 5.78 Å². The van der Waals surface area contributed by atoms with Crippen LogP contribution in [0.3, 0.4) is 0 Å². The van der Waals surface area contributed by atoms with Crippen LogP contribution in [0.5, 0.6) is 0 Å². The molecule has 3 rings (SSSR count). The van der Waals surface area contributed by atoms with Crippen molar-refractivity contribution in [2.24, 2.45) is 0 Å². The average Bonchev–Trinajstić information content (AvgIpc) is 3.20. The first kappa shape index (κ1) is 16.8. The molecule has 0 saturated heterocycles. The Morgan fingerprint density at radius 2 is 2.12 bits per heavy atom. The minimum absolute atomic E-state index is 0.263. The van der Waals surface area contributed by atoms with Crippen LogP contribution in [0.15, 0.2) is 28.7 Å². The van der Waals surface area contributed by atoms with Gasteiger partial charge >= 0.3 is 0 Å². The van der Waals surface area contributed by atoms with Crippen LogP contribution < -0.4 is 10.0 Å². The highest BCUT2D eigenvalue weighted by atomic mass is 32.2. The highest BCUT2D eigenvalue weighted by Gasteiger charge is 2.15. The van der Waals surface area contributed by atoms with Gasteiger partial charge in [-0.25, -0.2) is 18.1 Å². The largest absolute Gasteiger partial charge is 0.369 e. The Morgan fingerprint density at radius 1 is 1.29 bits per heavy atom. The molecule has 0 saturated carbocycles. The molecule has 10 heteroatoms. The van der Waals surface area contributed by atoms with Crippen LogP contribution in [0, 0.1) is 6.92 Å². The standard InChI is InChI=1S/C14H18N6O2S2/c1-3-11-8-12(20-14(19-11)16-9-17-20)15-6-7-18-24(21,22)13-5-4-10(2)23-13/h4-5,8-9,15,18H,3,6-7H2,1-2H3. The van der Waals surface area contributed by atoms with Crippen molar-refractivity contribution in [2.45, 2.75) is 24.5 Å². The monoisotopic (exact) mass is 366 g/mol. The van der Waals surface area contributed by atoms with Crippen molar-refractivity contribution in [1.82, 2.24) is 24.3 Å². The van der Waals surface area contributed by atoms with Crippen molar-refractivity contribution < 1.29 is 8.42 Å². The van der Waals surface area contributed by atoms with Gasteiger partial charge in [-0.1, -0.05) is 6.92 Å². The first-order valence-electron chi connectivity index (χ1n) is 7.49. The summed E-state index contributed by atoms with van der Waals surface area (Å²) in [5.74, 6) is 1.26. The van der Waals surface area contributed by atoms with Gasteiger partial charge in [0.2, 0.25) is 10.0 Å². The van der Waals surface area contributed by atoms with Crippen molar-refractivity contribution in [3.8, 4) is 0 Å². The third-order valence-corrected chi connectivity index (χ3v) is 6.32. The number of sulfonamides is 1. The molecule has 0 atom stereocenters. The maximum Gasteiger partial charge on any atom is 0.254 e. The van der Waals surface area contributed by atoms with Gasteiger partial charge in [0.25, 0.3) is 5.78 Å². The van der Waals surface area contributed by atoms with Crippen LogP contribution in [-0.2, 0) is 16.4 Å². The summed E-state index contributed by atoms with van der Waals surface area (Å²) in [6, 6.07) is 5.30. The van der Waals surface area contributed by atoms with Crippen LogP contribution in [0.1, 0.15) is 17.5 Å². The number of hydrogen-bond acceptors (Lipinski definition) is 7. The fraction of sp³-hybridized carbons (Fsp3) is 0.357. The molecule has 0 aliphatic rings. The quantitative estimate of drug-likeness (QED) is 0.614. The Balaban J connectivity index is 1.64. The van der Waals surface area contributed by atoms with Crippen LogP contribution >= 0.6 is 11.3 Å². The van der Waals surface area contributed by atoms with Crippen LogP contribution in [0.2, 0.25) is 0 Å². The maximum atomic E-state index is 12.2. The average molecular weight is 366 g/mol. The fourth-order valence-electron chi connectivity index (χ4n) is 2.17. The summed E-state index contributed by atoms with van der Waals surface area (Å²) in [6.45, 7) is 4.57. The zero-order valence-electron chi connectivity index (χ0n) is 13.4. The molecule has 0 aromatic carbocycles. The SMILES string of the molecule is CCc1cc(NCCNS(=O)(=O)c2ccc(C)s2)n2ncnc2n1. The summed E-state index contributed by atoms with van der Waals surface area (Å²) in [7, 11) is -3.46. The molecule has 8 nitrogen and oxygen atoms in total. The number of nitrogens with zero attached hydrogens (tertiary/aromatic N) is 4. The molecule has 3 aromatic heterocycles. The van der Waals surface area contributed by atoms with Crippen molar-refractivity contribution in [1.29, 1.82) is 0 Å². The molecular weight excluding hydrogens is 348 g/mol. The second-order valence-corrected chi connectivity index (χ2v) is 8.43. The lowest BCUT2D eigenvalue weighted by Gasteiger charge is -2.10. The summed E-state index contributed by atoms with van der Waals surface area (Å²) in [5, 5.41) is 7.29. The summed E-state index contributed by atoms with van der Waals surface area (Å²) in [5.41, 5.74) is 0.896. The topological polar surface area (TPSA) is 101 Å². The van der Waals surface area contributed by atoms with Crippen LogP contribution in [0.4, 0.5) is 5.82 Å². The maximum absolute atomic E-state index is 12.2. The van der Waals surface area contributed by atoms with E-state index >= 15 is 0 Å². The summed E-state index contributed by atoms with van der Waals surface area (Å²) in [4.78, 5) is 9.41. The molecule has 24 heavy (non-hydrogen) atoms. The third kappa shape index (κ3) is 3.55. The highest BCUT2D eigenvalue weighted by molar-refractivity contribution is 7.91. The molecule has 0 unspecified atom stereocenters. The Kier molecular flexibility index (Phi) is 4.78. The van der Waals surface area contributed by atoms with Gasteiger partial charge < -0.3 is 5.32 Å². The van der Waals surface area contributed by atoms with E-state index in [1.54, 1.807) is 16.6 Å². The Hall–Kier alpha value is -2.04. The second-order valence-electron chi connectivity index (χ2n) is 5.15. The minimum atomic E-state index is -3.46. The predicted molar refractivity (Wildman–Crippen MR) is 92.9 cm³/mol. The summed E-state index contributed by atoms with van der Waals surface area (Å²) in [6.07, 6.45) is 2.22. The smallest absolute Gasteiger partial charge is 0.254 e. The van der Waals surface area contributed by atoms with E-state index in [9.17, 15) is 8.42 Å². The van der Waals surface area contributed by atoms with Gasteiger partial charge in [0.05, 0.1) is 0 Å². The van der Waals surface area contributed by atoms with Gasteiger partial charge in [0.1, 0.15) is 16.4 Å². The molecule has 3 heterocycles. The van der Waals surface area contributed by atoms with Gasteiger partial charge in [-0.05, 0) is 25.5 Å². The lowest BCUT2D eigenvalue weighted by Crippen LogP contribution is -2.28. The van der Waals surface area contributed by atoms with E-state index in [4.69, 9.17) is 0 Å². The van der Waals surface area contributed by atoms with Gasteiger partial charge in [0.15, 0.2) is 0 Å². The van der Waals surface area contributed by atoms with E-state index in [1.807, 2.05) is 19.9 Å². The molecule has 0 aliphatic heterocycles. The van der Waals surface area contributed by atoms with Crippen molar-refractivity contribution >= 4 is 33.0 Å². The van der Waals surface area contributed by atoms with Crippen molar-refractivity contribution in [2.75, 3.05) is 18.4 Å². The highest BCUT2D eigenvalue weighted by Crippen LogP contribution is 2.20. The third-order valence-electron chi connectivity index (χ3n) is 3.37. The molecule has 0 radical (unpaired) electrons. The first-order chi connectivity index (χ1) is 11.5. The number of anilines is 1. The van der Waals surface area contributed by atoms with E-state index in [2.05, 4.69) is 25.1 Å². The Bertz CT molecular complexity index is 947. The molecular formula is C14H18N6O2S2. The Morgan fingerprint density at radius 3 is 2.83 bits per heavy atom. The molecule has 0 bridgehead atoms. The molecule has 0 spiro atoms. The van der Waals surface area contributed by atoms with Crippen molar-refractivity contribution in [3.63, 3.8) is 0 Å². The van der Waals surface area contributed by atoms with Gasteiger partial charge in [-0.2, -0.15) is 14.6 Å². The number of fused-ring (bicyclic) bond motifs is 1. The minimum Gasteiger partial charge on any atom is -0.369 e. The van der Waals surface area contributed by atoms with E-state index in [1.165, 1.54) is 17.7 Å². The zero-order chi connectivity index (χ0) is 17.2. The van der Waals surface area contributed by atoms with E-state index in [0.717, 1.165) is 22.8 Å². The second kappa shape index (κ2) is 6.83. The lowest BCUT2D eigenvalue weighted by molar-refractivity contribution is 0.585. The summed E-state index contributed by atoms with van der Waals surface area (Å²) < 4.78 is 28.8. The zero-order valence-corrected chi connectivity index (χ0v) is 15.0. The van der Waals surface area contributed by atoms with E-state index in [0.29, 0.717) is 16.5 Å². The fourth-order valence-corrected chi connectivity index (χ4v) is 4.53. The molecule has 3 aromatic rings. The van der Waals surface area contributed by atoms with Crippen LogP contribution in [-0.4, -0.2) is 41.1 Å². The van der Waals surface area contributed by atoms with Gasteiger partial charge in [-0.3, -0.25) is 0 Å². The molecule has 0 amide bonds.